The lowest BCUT2D eigenvalue weighted by molar-refractivity contribution is -0.120. The number of rotatable bonds is 4. The minimum atomic E-state index is -0.241. The number of piperazine rings is 1. The van der Waals surface area contributed by atoms with Crippen LogP contribution in [0.3, 0.4) is 0 Å². The second-order valence-electron chi connectivity index (χ2n) is 8.57. The fourth-order valence-corrected chi connectivity index (χ4v) is 4.06. The minimum Gasteiger partial charge on any atom is -0.364 e. The van der Waals surface area contributed by atoms with Crippen molar-refractivity contribution in [2.45, 2.75) is 26.7 Å². The Hall–Kier alpha value is -2.92. The Bertz CT molecular complexity index is 982. The van der Waals surface area contributed by atoms with Gasteiger partial charge in [0.25, 0.3) is 11.8 Å². The molecule has 30 heavy (non-hydrogen) atoms. The van der Waals surface area contributed by atoms with E-state index in [9.17, 15) is 9.59 Å². The van der Waals surface area contributed by atoms with Crippen LogP contribution >= 0.6 is 0 Å². The molecule has 2 aromatic rings. The summed E-state index contributed by atoms with van der Waals surface area (Å²) in [4.78, 5) is 32.8. The SMILES string of the molecule is Cc1ccc(C2=C(N3CCN(C)CC3)C(=O)N(c3ccc(C(C)C)cc3)C2=O)cc1. The molecule has 0 N–H and O–H groups in total. The number of hydrogen-bond acceptors (Lipinski definition) is 4. The molecule has 5 heteroatoms. The molecule has 4 rings (SSSR count). The highest BCUT2D eigenvalue weighted by molar-refractivity contribution is 6.45. The maximum Gasteiger partial charge on any atom is 0.282 e. The maximum absolute atomic E-state index is 13.6. The van der Waals surface area contributed by atoms with Gasteiger partial charge >= 0.3 is 0 Å². The number of hydrogen-bond donors (Lipinski definition) is 0. The van der Waals surface area contributed by atoms with Gasteiger partial charge in [0.05, 0.1) is 11.3 Å². The number of amides is 2. The molecule has 0 spiro atoms. The molecule has 0 radical (unpaired) electrons. The number of benzene rings is 2. The molecule has 2 heterocycles. The van der Waals surface area contributed by atoms with Crippen LogP contribution in [0.15, 0.2) is 54.2 Å². The molecule has 2 aliphatic rings. The van der Waals surface area contributed by atoms with Crippen LogP contribution in [0.25, 0.3) is 5.57 Å². The molecule has 156 valence electrons. The highest BCUT2D eigenvalue weighted by atomic mass is 16.2. The van der Waals surface area contributed by atoms with Gasteiger partial charge in [0.2, 0.25) is 0 Å². The van der Waals surface area contributed by atoms with E-state index in [-0.39, 0.29) is 11.8 Å². The summed E-state index contributed by atoms with van der Waals surface area (Å²) in [6.45, 7) is 9.49. The smallest absolute Gasteiger partial charge is 0.282 e. The fourth-order valence-electron chi connectivity index (χ4n) is 4.06. The topological polar surface area (TPSA) is 43.9 Å². The summed E-state index contributed by atoms with van der Waals surface area (Å²) in [5.74, 6) is -0.0707. The fraction of sp³-hybridized carbons (Fsp3) is 0.360. The standard InChI is InChI=1S/C25H29N3O2/c1-17(2)19-9-11-21(12-10-19)28-24(29)22(20-7-5-18(3)6-8-20)23(25(28)30)27-15-13-26(4)14-16-27/h5-12,17H,13-16H2,1-4H3. The van der Waals surface area contributed by atoms with Crippen LogP contribution in [0.1, 0.15) is 36.5 Å². The van der Waals surface area contributed by atoms with E-state index in [1.807, 2.05) is 55.5 Å². The Morgan fingerprint density at radius 2 is 1.40 bits per heavy atom. The minimum absolute atomic E-state index is 0.225. The molecule has 0 saturated carbocycles. The maximum atomic E-state index is 13.6. The van der Waals surface area contributed by atoms with Crippen LogP contribution in [-0.4, -0.2) is 54.8 Å². The average Bonchev–Trinajstić information content (AvgIpc) is 2.99. The molecule has 0 aliphatic carbocycles. The predicted octanol–water partition coefficient (Wildman–Crippen LogP) is 3.65. The summed E-state index contributed by atoms with van der Waals surface area (Å²) in [7, 11) is 2.08. The van der Waals surface area contributed by atoms with Gasteiger partial charge in [-0.1, -0.05) is 55.8 Å². The summed E-state index contributed by atoms with van der Waals surface area (Å²) >= 11 is 0. The van der Waals surface area contributed by atoms with Crippen LogP contribution in [0.4, 0.5) is 5.69 Å². The summed E-state index contributed by atoms with van der Waals surface area (Å²) in [5, 5.41) is 0. The van der Waals surface area contributed by atoms with Gasteiger partial charge in [-0.2, -0.15) is 0 Å². The van der Waals surface area contributed by atoms with E-state index in [4.69, 9.17) is 0 Å². The number of nitrogens with zero attached hydrogens (tertiary/aromatic N) is 3. The first-order chi connectivity index (χ1) is 14.4. The van der Waals surface area contributed by atoms with E-state index in [1.165, 1.54) is 10.5 Å². The molecular formula is C25H29N3O2. The number of imide groups is 1. The zero-order chi connectivity index (χ0) is 21.4. The molecule has 2 aromatic carbocycles. The molecular weight excluding hydrogens is 374 g/mol. The zero-order valence-electron chi connectivity index (χ0n) is 18.2. The first-order valence-corrected chi connectivity index (χ1v) is 10.6. The van der Waals surface area contributed by atoms with E-state index in [0.717, 1.165) is 37.3 Å². The van der Waals surface area contributed by atoms with Crippen LogP contribution in [0.2, 0.25) is 0 Å². The molecule has 0 unspecified atom stereocenters. The first-order valence-electron chi connectivity index (χ1n) is 10.6. The highest BCUT2D eigenvalue weighted by Crippen LogP contribution is 2.35. The van der Waals surface area contributed by atoms with E-state index in [1.54, 1.807) is 0 Å². The van der Waals surface area contributed by atoms with Gasteiger partial charge in [0, 0.05) is 26.2 Å². The normalized spacial score (nSPS) is 18.2. The molecule has 2 amide bonds. The third-order valence-electron chi connectivity index (χ3n) is 6.04. The van der Waals surface area contributed by atoms with Crippen molar-refractivity contribution in [2.75, 3.05) is 38.1 Å². The van der Waals surface area contributed by atoms with Crippen LogP contribution in [0, 0.1) is 6.92 Å². The monoisotopic (exact) mass is 403 g/mol. The van der Waals surface area contributed by atoms with Gasteiger partial charge in [0.15, 0.2) is 0 Å². The van der Waals surface area contributed by atoms with Crippen molar-refractivity contribution in [3.63, 3.8) is 0 Å². The van der Waals surface area contributed by atoms with E-state index in [2.05, 4.69) is 30.7 Å². The summed E-state index contributed by atoms with van der Waals surface area (Å²) in [6, 6.07) is 15.6. The second kappa shape index (κ2) is 8.07. The van der Waals surface area contributed by atoms with Crippen molar-refractivity contribution in [3.8, 4) is 0 Å². The highest BCUT2D eigenvalue weighted by Gasteiger charge is 2.42. The Balaban J connectivity index is 1.76. The lowest BCUT2D eigenvalue weighted by Gasteiger charge is -2.34. The quantitative estimate of drug-likeness (QED) is 0.731. The number of aryl methyl sites for hydroxylation is 1. The number of anilines is 1. The van der Waals surface area contributed by atoms with Crippen LogP contribution in [0.5, 0.6) is 0 Å². The van der Waals surface area contributed by atoms with E-state index in [0.29, 0.717) is 22.9 Å². The predicted molar refractivity (Wildman–Crippen MR) is 120 cm³/mol. The van der Waals surface area contributed by atoms with Gasteiger partial charge in [0.1, 0.15) is 5.70 Å². The molecule has 0 bridgehead atoms. The number of carbonyl (C=O) groups excluding carboxylic acids is 2. The summed E-state index contributed by atoms with van der Waals surface area (Å²) in [6.07, 6.45) is 0. The van der Waals surface area contributed by atoms with Crippen molar-refractivity contribution in [1.29, 1.82) is 0 Å². The van der Waals surface area contributed by atoms with Crippen LogP contribution < -0.4 is 4.90 Å². The third-order valence-corrected chi connectivity index (χ3v) is 6.04. The summed E-state index contributed by atoms with van der Waals surface area (Å²) in [5.41, 5.74) is 4.78. The Morgan fingerprint density at radius 1 is 0.800 bits per heavy atom. The second-order valence-corrected chi connectivity index (χ2v) is 8.57. The Labute approximate surface area is 178 Å². The lowest BCUT2D eigenvalue weighted by atomic mass is 10.0. The van der Waals surface area contributed by atoms with Crippen LogP contribution in [-0.2, 0) is 9.59 Å². The average molecular weight is 404 g/mol. The van der Waals surface area contributed by atoms with Crippen molar-refractivity contribution < 1.29 is 9.59 Å². The van der Waals surface area contributed by atoms with Gasteiger partial charge in [-0.05, 0) is 43.1 Å². The van der Waals surface area contributed by atoms with Crippen molar-refractivity contribution in [2.24, 2.45) is 0 Å². The van der Waals surface area contributed by atoms with E-state index >= 15 is 0 Å². The zero-order valence-corrected chi connectivity index (χ0v) is 18.2. The molecule has 2 aliphatic heterocycles. The number of likely N-dealkylation sites (N-methyl/N-ethyl adjacent to an activating group) is 1. The van der Waals surface area contributed by atoms with Crippen molar-refractivity contribution >= 4 is 23.1 Å². The number of carbonyl (C=O) groups is 2. The lowest BCUT2D eigenvalue weighted by Crippen LogP contribution is -2.46. The molecule has 1 fully saturated rings. The van der Waals surface area contributed by atoms with Gasteiger partial charge in [-0.25, -0.2) is 4.90 Å². The Kier molecular flexibility index (Phi) is 5.48. The van der Waals surface area contributed by atoms with Gasteiger partial charge in [-0.3, -0.25) is 9.59 Å². The summed E-state index contributed by atoms with van der Waals surface area (Å²) < 4.78 is 0. The Morgan fingerprint density at radius 3 is 1.97 bits per heavy atom. The van der Waals surface area contributed by atoms with Gasteiger partial charge < -0.3 is 9.80 Å². The largest absolute Gasteiger partial charge is 0.364 e. The first kappa shape index (κ1) is 20.4. The van der Waals surface area contributed by atoms with E-state index < -0.39 is 0 Å². The molecule has 0 atom stereocenters. The molecule has 0 aromatic heterocycles. The van der Waals surface area contributed by atoms with Crippen molar-refractivity contribution in [3.05, 3.63) is 70.9 Å². The third kappa shape index (κ3) is 3.65. The molecule has 5 nitrogen and oxygen atoms in total. The molecule has 1 saturated heterocycles. The van der Waals surface area contributed by atoms with Gasteiger partial charge in [-0.15, -0.1) is 0 Å². The van der Waals surface area contributed by atoms with Crippen molar-refractivity contribution in [1.82, 2.24) is 9.80 Å².